The van der Waals surface area contributed by atoms with Gasteiger partial charge in [-0.2, -0.15) is 0 Å². The third-order valence-electron chi connectivity index (χ3n) is 5.17. The summed E-state index contributed by atoms with van der Waals surface area (Å²) in [6, 6.07) is 8.64. The molecule has 0 amide bonds. The summed E-state index contributed by atoms with van der Waals surface area (Å²) in [5.41, 5.74) is 1.45. The first kappa shape index (κ1) is 18.9. The van der Waals surface area contributed by atoms with Crippen molar-refractivity contribution in [2.75, 3.05) is 6.61 Å². The molecule has 1 nitrogen and oxygen atoms in total. The van der Waals surface area contributed by atoms with Gasteiger partial charge >= 0.3 is 0 Å². The van der Waals surface area contributed by atoms with E-state index in [0.29, 0.717) is 6.10 Å². The normalized spacial score (nSPS) is 21.5. The maximum atomic E-state index is 6.08. The van der Waals surface area contributed by atoms with Gasteiger partial charge in [0, 0.05) is 11.5 Å². The fourth-order valence-electron chi connectivity index (χ4n) is 3.58. The van der Waals surface area contributed by atoms with Gasteiger partial charge in [-0.05, 0) is 68.6 Å². The minimum atomic E-state index is 0.542. The summed E-state index contributed by atoms with van der Waals surface area (Å²) in [5.74, 6) is 0.898. The van der Waals surface area contributed by atoms with Crippen LogP contribution < -0.4 is 0 Å². The highest BCUT2D eigenvalue weighted by Gasteiger charge is 2.21. The Morgan fingerprint density at radius 2 is 1.65 bits per heavy atom. The summed E-state index contributed by atoms with van der Waals surface area (Å²) in [6.45, 7) is 3.25. The largest absolute Gasteiger partial charge is 0.378 e. The lowest BCUT2D eigenvalue weighted by molar-refractivity contribution is 0.0153. The van der Waals surface area contributed by atoms with Crippen molar-refractivity contribution in [1.29, 1.82) is 0 Å². The molecule has 1 aromatic carbocycles. The van der Waals surface area contributed by atoms with Crippen LogP contribution in [0.5, 0.6) is 0 Å². The molecule has 0 unspecified atom stereocenters. The number of benzene rings is 1. The highest BCUT2D eigenvalue weighted by atomic mass is 32.1. The molecule has 1 saturated carbocycles. The molecule has 0 atom stereocenters. The minimum absolute atomic E-state index is 0.542. The van der Waals surface area contributed by atoms with E-state index in [-0.39, 0.29) is 0 Å². The SMILES string of the molecule is CCCCCCCOC1CCC(CCc2ccc(S)cc2)CC1. The number of unbranched alkanes of at least 4 members (excludes halogenated alkanes) is 4. The summed E-state index contributed by atoms with van der Waals surface area (Å²) < 4.78 is 6.08. The summed E-state index contributed by atoms with van der Waals surface area (Å²) in [4.78, 5) is 1.06. The van der Waals surface area contributed by atoms with Gasteiger partial charge in [0.25, 0.3) is 0 Å². The van der Waals surface area contributed by atoms with Crippen LogP contribution in [0.4, 0.5) is 0 Å². The number of hydrogen-bond acceptors (Lipinski definition) is 2. The number of aryl methyl sites for hydroxylation is 1. The summed E-state index contributed by atoms with van der Waals surface area (Å²) in [5, 5.41) is 0. The second-order valence-electron chi connectivity index (χ2n) is 7.13. The van der Waals surface area contributed by atoms with Crippen molar-refractivity contribution in [3.05, 3.63) is 29.8 Å². The molecule has 0 heterocycles. The monoisotopic (exact) mass is 334 g/mol. The predicted octanol–water partition coefficient (Wildman–Crippen LogP) is 6.45. The van der Waals surface area contributed by atoms with Crippen LogP contribution >= 0.6 is 12.6 Å². The molecule has 0 N–H and O–H groups in total. The molecule has 2 heteroatoms. The average Bonchev–Trinajstić information content (AvgIpc) is 2.58. The molecule has 0 bridgehead atoms. The molecule has 0 radical (unpaired) electrons. The molecule has 1 aliphatic rings. The van der Waals surface area contributed by atoms with E-state index < -0.39 is 0 Å². The quantitative estimate of drug-likeness (QED) is 0.382. The lowest BCUT2D eigenvalue weighted by atomic mass is 9.84. The van der Waals surface area contributed by atoms with Gasteiger partial charge in [0.05, 0.1) is 6.10 Å². The van der Waals surface area contributed by atoms with E-state index in [1.807, 2.05) is 0 Å². The van der Waals surface area contributed by atoms with E-state index in [2.05, 4.69) is 43.8 Å². The molecule has 23 heavy (non-hydrogen) atoms. The first-order chi connectivity index (χ1) is 11.3. The smallest absolute Gasteiger partial charge is 0.0575 e. The van der Waals surface area contributed by atoms with Gasteiger partial charge in [-0.1, -0.05) is 44.7 Å². The average molecular weight is 335 g/mol. The topological polar surface area (TPSA) is 9.23 Å². The van der Waals surface area contributed by atoms with E-state index in [1.165, 1.54) is 76.2 Å². The molecule has 2 rings (SSSR count). The van der Waals surface area contributed by atoms with Crippen LogP contribution in [0, 0.1) is 5.92 Å². The van der Waals surface area contributed by atoms with Gasteiger partial charge in [-0.25, -0.2) is 0 Å². The van der Waals surface area contributed by atoms with Crippen LogP contribution in [0.2, 0.25) is 0 Å². The van der Waals surface area contributed by atoms with Crippen LogP contribution in [0.1, 0.15) is 76.7 Å². The molecule has 0 saturated heterocycles. The van der Waals surface area contributed by atoms with Crippen LogP contribution in [-0.2, 0) is 11.2 Å². The Morgan fingerprint density at radius 1 is 0.957 bits per heavy atom. The van der Waals surface area contributed by atoms with Gasteiger partial charge < -0.3 is 4.74 Å². The highest BCUT2D eigenvalue weighted by molar-refractivity contribution is 7.80. The number of rotatable bonds is 10. The zero-order valence-corrected chi connectivity index (χ0v) is 15.7. The Labute approximate surface area is 148 Å². The van der Waals surface area contributed by atoms with Gasteiger partial charge in [-0.3, -0.25) is 0 Å². The Morgan fingerprint density at radius 3 is 2.35 bits per heavy atom. The lowest BCUT2D eigenvalue weighted by Gasteiger charge is -2.28. The predicted molar refractivity (Wildman–Crippen MR) is 102 cm³/mol. The van der Waals surface area contributed by atoms with Crippen molar-refractivity contribution < 1.29 is 4.74 Å². The highest BCUT2D eigenvalue weighted by Crippen LogP contribution is 2.29. The minimum Gasteiger partial charge on any atom is -0.378 e. The van der Waals surface area contributed by atoms with Crippen molar-refractivity contribution in [3.63, 3.8) is 0 Å². The van der Waals surface area contributed by atoms with Gasteiger partial charge in [0.2, 0.25) is 0 Å². The molecular formula is C21H34OS. The van der Waals surface area contributed by atoms with Gasteiger partial charge in [-0.15, -0.1) is 12.6 Å². The molecule has 130 valence electrons. The van der Waals surface area contributed by atoms with E-state index >= 15 is 0 Å². The van der Waals surface area contributed by atoms with Gasteiger partial charge in [0.1, 0.15) is 0 Å². The van der Waals surface area contributed by atoms with Crippen molar-refractivity contribution in [3.8, 4) is 0 Å². The number of ether oxygens (including phenoxy) is 1. The molecule has 1 fully saturated rings. The Hall–Kier alpha value is -0.470. The van der Waals surface area contributed by atoms with Crippen molar-refractivity contribution in [2.24, 2.45) is 5.92 Å². The van der Waals surface area contributed by atoms with Crippen molar-refractivity contribution in [2.45, 2.75) is 88.6 Å². The number of hydrogen-bond donors (Lipinski definition) is 1. The van der Waals surface area contributed by atoms with Crippen molar-refractivity contribution >= 4 is 12.6 Å². The molecule has 1 aromatic rings. The van der Waals surface area contributed by atoms with E-state index in [9.17, 15) is 0 Å². The molecular weight excluding hydrogens is 300 g/mol. The zero-order valence-electron chi connectivity index (χ0n) is 14.8. The maximum absolute atomic E-state index is 6.08. The van der Waals surface area contributed by atoms with Gasteiger partial charge in [0.15, 0.2) is 0 Å². The van der Waals surface area contributed by atoms with Crippen LogP contribution in [0.25, 0.3) is 0 Å². The molecule has 0 spiro atoms. The second kappa shape index (κ2) is 11.1. The van der Waals surface area contributed by atoms with Crippen molar-refractivity contribution in [1.82, 2.24) is 0 Å². The zero-order chi connectivity index (χ0) is 16.3. The fraction of sp³-hybridized carbons (Fsp3) is 0.714. The first-order valence-corrected chi connectivity index (χ1v) is 10.1. The Bertz CT molecular complexity index is 406. The number of thiol groups is 1. The summed E-state index contributed by atoms with van der Waals surface area (Å²) in [6.07, 6.45) is 15.0. The first-order valence-electron chi connectivity index (χ1n) is 9.67. The third kappa shape index (κ3) is 7.76. The second-order valence-corrected chi connectivity index (χ2v) is 7.65. The standard InChI is InChI=1S/C21H34OS/c1-2-3-4-5-6-17-22-20-13-9-18(10-14-20)7-8-19-11-15-21(23)16-12-19/h11-12,15-16,18,20,23H,2-10,13-14,17H2,1H3. The third-order valence-corrected chi connectivity index (χ3v) is 5.47. The summed E-state index contributed by atoms with van der Waals surface area (Å²) in [7, 11) is 0. The molecule has 1 aliphatic carbocycles. The lowest BCUT2D eigenvalue weighted by Crippen LogP contribution is -2.22. The van der Waals surface area contributed by atoms with E-state index in [4.69, 9.17) is 4.74 Å². The molecule has 0 aromatic heterocycles. The van der Waals surface area contributed by atoms with Crippen LogP contribution in [-0.4, -0.2) is 12.7 Å². The Kier molecular flexibility index (Phi) is 9.14. The summed E-state index contributed by atoms with van der Waals surface area (Å²) >= 11 is 4.35. The van der Waals surface area contributed by atoms with E-state index in [1.54, 1.807) is 0 Å². The fourth-order valence-corrected chi connectivity index (χ4v) is 3.73. The maximum Gasteiger partial charge on any atom is 0.0575 e. The Balaban J connectivity index is 1.52. The van der Waals surface area contributed by atoms with E-state index in [0.717, 1.165) is 17.4 Å². The van der Waals surface area contributed by atoms with Crippen LogP contribution in [0.3, 0.4) is 0 Å². The van der Waals surface area contributed by atoms with Crippen LogP contribution in [0.15, 0.2) is 29.2 Å². The molecule has 0 aliphatic heterocycles.